The van der Waals surface area contributed by atoms with Crippen molar-refractivity contribution in [3.05, 3.63) is 66.6 Å². The molecule has 4 rings (SSSR count). The van der Waals surface area contributed by atoms with Gasteiger partial charge in [-0.15, -0.1) is 0 Å². The molecule has 1 aromatic carbocycles. The van der Waals surface area contributed by atoms with Gasteiger partial charge in [-0.25, -0.2) is 15.0 Å². The number of imidazole rings is 1. The molecule has 1 N–H and O–H groups in total. The van der Waals surface area contributed by atoms with Crippen LogP contribution in [0.15, 0.2) is 61.1 Å². The predicted octanol–water partition coefficient (Wildman–Crippen LogP) is 3.41. The summed E-state index contributed by atoms with van der Waals surface area (Å²) in [5, 5.41) is 3.40. The molecule has 4 aromatic rings. The normalized spacial score (nSPS) is 11.6. The number of carbonyl (C=O) groups excluding carboxylic acids is 1. The Kier molecular flexibility index (Phi) is 5.64. The van der Waals surface area contributed by atoms with E-state index in [1.807, 2.05) is 66.7 Å². The van der Waals surface area contributed by atoms with Crippen molar-refractivity contribution in [3.8, 4) is 0 Å². The maximum atomic E-state index is 12.5. The summed E-state index contributed by atoms with van der Waals surface area (Å²) in [5.74, 6) is 1.11. The molecule has 0 saturated carbocycles. The lowest BCUT2D eigenvalue weighted by molar-refractivity contribution is -0.113. The number of rotatable bonds is 6. The number of nitrogens with one attached hydrogen (secondary N) is 1. The van der Waals surface area contributed by atoms with Crippen molar-refractivity contribution in [2.24, 2.45) is 0 Å². The lowest BCUT2D eigenvalue weighted by Gasteiger charge is -2.16. The van der Waals surface area contributed by atoms with Crippen LogP contribution in [-0.4, -0.2) is 57.8 Å². The first-order valence-electron chi connectivity index (χ1n) is 9.98. The monoisotopic (exact) mass is 415 g/mol. The van der Waals surface area contributed by atoms with Crippen LogP contribution in [0.25, 0.3) is 16.7 Å². The van der Waals surface area contributed by atoms with Crippen LogP contribution in [0.4, 0.5) is 17.3 Å². The molecule has 0 saturated heterocycles. The average Bonchev–Trinajstić information content (AvgIpc) is 3.25. The molecule has 0 atom stereocenters. The number of para-hydroxylation sites is 1. The number of anilines is 3. The molecule has 3 aromatic heterocycles. The van der Waals surface area contributed by atoms with Gasteiger partial charge in [-0.1, -0.05) is 24.3 Å². The van der Waals surface area contributed by atoms with Gasteiger partial charge in [0, 0.05) is 25.4 Å². The van der Waals surface area contributed by atoms with Crippen molar-refractivity contribution in [2.45, 2.75) is 6.92 Å². The zero-order chi connectivity index (χ0) is 22.0. The Hall–Kier alpha value is -3.78. The number of fused-ring (bicyclic) bond motifs is 3. The second-order valence-electron chi connectivity index (χ2n) is 7.62. The van der Waals surface area contributed by atoms with E-state index < -0.39 is 0 Å². The molecule has 0 aliphatic carbocycles. The lowest BCUT2D eigenvalue weighted by Crippen LogP contribution is -2.25. The smallest absolute Gasteiger partial charge is 0.251 e. The van der Waals surface area contributed by atoms with Gasteiger partial charge in [0.15, 0.2) is 11.5 Å². The molecule has 0 unspecified atom stereocenters. The Morgan fingerprint density at radius 2 is 1.94 bits per heavy atom. The minimum atomic E-state index is -0.138. The van der Waals surface area contributed by atoms with Gasteiger partial charge in [-0.05, 0) is 44.8 Å². The number of nitrogens with zero attached hydrogens (tertiary/aromatic N) is 6. The van der Waals surface area contributed by atoms with Gasteiger partial charge < -0.3 is 10.2 Å². The minimum Gasteiger partial charge on any atom is -0.338 e. The van der Waals surface area contributed by atoms with Gasteiger partial charge in [0.05, 0.1) is 6.20 Å². The van der Waals surface area contributed by atoms with E-state index in [0.717, 1.165) is 16.8 Å². The molecule has 0 bridgehead atoms. The van der Waals surface area contributed by atoms with Crippen LogP contribution < -0.4 is 10.2 Å². The van der Waals surface area contributed by atoms with E-state index >= 15 is 0 Å². The SMILES string of the molecule is Cc1ccccc1Nc1nc2ccc(N(C)C(=O)/C=C/CN(C)C)nc2n2cncc12. The van der Waals surface area contributed by atoms with Crippen LogP contribution in [-0.2, 0) is 4.79 Å². The van der Waals surface area contributed by atoms with E-state index in [1.54, 1.807) is 31.7 Å². The maximum absolute atomic E-state index is 12.5. The van der Waals surface area contributed by atoms with E-state index in [1.165, 1.54) is 4.90 Å². The van der Waals surface area contributed by atoms with Crippen molar-refractivity contribution in [1.82, 2.24) is 24.3 Å². The van der Waals surface area contributed by atoms with Gasteiger partial charge >= 0.3 is 0 Å². The fourth-order valence-electron chi connectivity index (χ4n) is 3.22. The summed E-state index contributed by atoms with van der Waals surface area (Å²) in [6.07, 6.45) is 6.85. The first-order valence-corrected chi connectivity index (χ1v) is 9.98. The van der Waals surface area contributed by atoms with Crippen molar-refractivity contribution < 1.29 is 4.79 Å². The van der Waals surface area contributed by atoms with Gasteiger partial charge in [-0.2, -0.15) is 0 Å². The van der Waals surface area contributed by atoms with E-state index in [-0.39, 0.29) is 5.91 Å². The standard InChI is InChI=1S/C23H25N7O/c1-16-8-5-6-9-17(16)25-22-19-14-24-15-30(19)23-18(26-22)11-12-20(27-23)29(4)21(31)10-7-13-28(2)3/h5-12,14-15H,13H2,1-4H3,(H,25,26)/b10-7+. The van der Waals surface area contributed by atoms with Crippen molar-refractivity contribution in [1.29, 1.82) is 0 Å². The summed E-state index contributed by atoms with van der Waals surface area (Å²) in [7, 11) is 5.62. The second kappa shape index (κ2) is 8.53. The highest BCUT2D eigenvalue weighted by atomic mass is 16.2. The summed E-state index contributed by atoms with van der Waals surface area (Å²) in [4.78, 5) is 29.8. The zero-order valence-electron chi connectivity index (χ0n) is 18.1. The molecular formula is C23H25N7O. The summed E-state index contributed by atoms with van der Waals surface area (Å²) >= 11 is 0. The first-order chi connectivity index (χ1) is 14.9. The number of likely N-dealkylation sites (N-methyl/N-ethyl adjacent to an activating group) is 2. The number of hydrogen-bond donors (Lipinski definition) is 1. The third-order valence-corrected chi connectivity index (χ3v) is 4.98. The van der Waals surface area contributed by atoms with Gasteiger partial charge in [0.25, 0.3) is 5.91 Å². The zero-order valence-corrected chi connectivity index (χ0v) is 18.1. The Bertz CT molecular complexity index is 1280. The van der Waals surface area contributed by atoms with Crippen LogP contribution >= 0.6 is 0 Å². The largest absolute Gasteiger partial charge is 0.338 e. The van der Waals surface area contributed by atoms with Crippen LogP contribution in [0.2, 0.25) is 0 Å². The maximum Gasteiger partial charge on any atom is 0.251 e. The van der Waals surface area contributed by atoms with Crippen molar-refractivity contribution in [2.75, 3.05) is 37.9 Å². The molecule has 0 radical (unpaired) electrons. The third kappa shape index (κ3) is 4.24. The lowest BCUT2D eigenvalue weighted by atomic mass is 10.2. The Balaban J connectivity index is 1.70. The van der Waals surface area contributed by atoms with Crippen LogP contribution in [0.1, 0.15) is 5.56 Å². The highest BCUT2D eigenvalue weighted by Gasteiger charge is 2.14. The van der Waals surface area contributed by atoms with Crippen LogP contribution in [0, 0.1) is 6.92 Å². The molecule has 158 valence electrons. The first kappa shape index (κ1) is 20.5. The minimum absolute atomic E-state index is 0.138. The second-order valence-corrected chi connectivity index (χ2v) is 7.62. The summed E-state index contributed by atoms with van der Waals surface area (Å²) in [6.45, 7) is 2.74. The fraction of sp³-hybridized carbons (Fsp3) is 0.217. The van der Waals surface area contributed by atoms with Gasteiger partial charge in [0.1, 0.15) is 23.2 Å². The molecule has 31 heavy (non-hydrogen) atoms. The van der Waals surface area contributed by atoms with E-state index in [2.05, 4.69) is 10.3 Å². The average molecular weight is 416 g/mol. The quantitative estimate of drug-likeness (QED) is 0.486. The van der Waals surface area contributed by atoms with Crippen molar-refractivity contribution >= 4 is 39.9 Å². The Labute approximate surface area is 180 Å². The number of hydrogen-bond acceptors (Lipinski definition) is 6. The number of carbonyl (C=O) groups is 1. The van der Waals surface area contributed by atoms with Crippen LogP contribution in [0.5, 0.6) is 0 Å². The molecule has 0 spiro atoms. The molecule has 8 heteroatoms. The van der Waals surface area contributed by atoms with Gasteiger partial charge in [0.2, 0.25) is 0 Å². The Morgan fingerprint density at radius 3 is 2.71 bits per heavy atom. The van der Waals surface area contributed by atoms with E-state index in [9.17, 15) is 4.79 Å². The van der Waals surface area contributed by atoms with E-state index in [4.69, 9.17) is 9.97 Å². The molecule has 0 aliphatic heterocycles. The highest BCUT2D eigenvalue weighted by Crippen LogP contribution is 2.26. The topological polar surface area (TPSA) is 78.7 Å². The van der Waals surface area contributed by atoms with E-state index in [0.29, 0.717) is 29.3 Å². The van der Waals surface area contributed by atoms with Crippen LogP contribution in [0.3, 0.4) is 0 Å². The number of aromatic nitrogens is 4. The Morgan fingerprint density at radius 1 is 1.13 bits per heavy atom. The third-order valence-electron chi connectivity index (χ3n) is 4.98. The molecule has 1 amide bonds. The van der Waals surface area contributed by atoms with Gasteiger partial charge in [-0.3, -0.25) is 14.1 Å². The highest BCUT2D eigenvalue weighted by molar-refractivity contribution is 6.01. The number of benzene rings is 1. The number of amides is 1. The molecule has 8 nitrogen and oxygen atoms in total. The predicted molar refractivity (Wildman–Crippen MR) is 124 cm³/mol. The summed E-state index contributed by atoms with van der Waals surface area (Å²) < 4.78 is 1.88. The fourth-order valence-corrected chi connectivity index (χ4v) is 3.22. The summed E-state index contributed by atoms with van der Waals surface area (Å²) in [6, 6.07) is 11.7. The molecule has 0 fully saturated rings. The number of aryl methyl sites for hydroxylation is 1. The summed E-state index contributed by atoms with van der Waals surface area (Å²) in [5.41, 5.74) is 4.25. The molecule has 3 heterocycles. The van der Waals surface area contributed by atoms with Crippen molar-refractivity contribution in [3.63, 3.8) is 0 Å². The molecular weight excluding hydrogens is 390 g/mol. The molecule has 0 aliphatic rings. The number of pyridine rings is 1.